The first-order valence-electron chi connectivity index (χ1n) is 12.2. The van der Waals surface area contributed by atoms with Crippen LogP contribution in [0.2, 0.25) is 0 Å². The largest absolute Gasteiger partial charge is 0.352 e. The number of carbonyl (C=O) groups is 2. The van der Waals surface area contributed by atoms with Gasteiger partial charge in [0, 0.05) is 31.5 Å². The smallest absolute Gasteiger partial charge is 0.234 e. The van der Waals surface area contributed by atoms with E-state index in [0.717, 1.165) is 39.9 Å². The molecule has 2 amide bonds. The molecule has 0 aliphatic carbocycles. The van der Waals surface area contributed by atoms with Crippen molar-refractivity contribution in [2.45, 2.75) is 38.8 Å². The van der Waals surface area contributed by atoms with E-state index in [1.165, 1.54) is 5.56 Å². The minimum Gasteiger partial charge on any atom is -0.352 e. The number of nitrogens with zero attached hydrogens (tertiary/aromatic N) is 2. The molecule has 1 aliphatic heterocycles. The van der Waals surface area contributed by atoms with E-state index < -0.39 is 0 Å². The van der Waals surface area contributed by atoms with Gasteiger partial charge in [-0.25, -0.2) is 0 Å². The summed E-state index contributed by atoms with van der Waals surface area (Å²) in [7, 11) is 0. The van der Waals surface area contributed by atoms with Crippen molar-refractivity contribution in [3.63, 3.8) is 0 Å². The number of carbonyl (C=O) groups excluding carboxylic acids is 2. The molecule has 36 heavy (non-hydrogen) atoms. The first-order chi connectivity index (χ1) is 17.6. The van der Waals surface area contributed by atoms with Crippen molar-refractivity contribution >= 4 is 23.2 Å². The highest BCUT2D eigenvalue weighted by Crippen LogP contribution is 2.30. The Hall–Kier alpha value is -3.77. The van der Waals surface area contributed by atoms with Crippen molar-refractivity contribution in [2.24, 2.45) is 0 Å². The van der Waals surface area contributed by atoms with Gasteiger partial charge < -0.3 is 10.2 Å². The van der Waals surface area contributed by atoms with Gasteiger partial charge in [-0.05, 0) is 63.6 Å². The van der Waals surface area contributed by atoms with Crippen LogP contribution in [0.15, 0.2) is 83.7 Å². The Morgan fingerprint density at radius 3 is 2.36 bits per heavy atom. The van der Waals surface area contributed by atoms with Crippen LogP contribution < -0.4 is 5.32 Å². The summed E-state index contributed by atoms with van der Waals surface area (Å²) < 4.78 is 0. The molecule has 1 N–H and O–H groups in total. The summed E-state index contributed by atoms with van der Waals surface area (Å²) in [5.74, 6) is -0.237. The van der Waals surface area contributed by atoms with Gasteiger partial charge in [-0.15, -0.1) is 0 Å². The molecule has 0 saturated carbocycles. The second-order valence-corrected chi connectivity index (χ2v) is 9.96. The number of amides is 2. The molecule has 4 aromatic rings. The molecule has 5 rings (SSSR count). The van der Waals surface area contributed by atoms with Gasteiger partial charge in [0.05, 0.1) is 12.3 Å². The zero-order valence-corrected chi connectivity index (χ0v) is 21.1. The maximum absolute atomic E-state index is 13.9. The molecule has 0 saturated heterocycles. The molecule has 0 unspecified atom stereocenters. The number of fused-ring (bicyclic) bond motifs is 1. The molecule has 0 atom stereocenters. The molecule has 0 bridgehead atoms. The topological polar surface area (TPSA) is 62.3 Å². The third kappa shape index (κ3) is 5.24. The number of benzene rings is 2. The van der Waals surface area contributed by atoms with Crippen molar-refractivity contribution in [3.05, 3.63) is 123 Å². The third-order valence-corrected chi connectivity index (χ3v) is 7.56. The van der Waals surface area contributed by atoms with E-state index in [-0.39, 0.29) is 17.7 Å². The molecule has 0 radical (unpaired) electrons. The molecule has 5 nitrogen and oxygen atoms in total. The number of aryl methyl sites for hydroxylation is 1. The van der Waals surface area contributed by atoms with Crippen LogP contribution in [0.4, 0.5) is 0 Å². The minimum atomic E-state index is -0.344. The summed E-state index contributed by atoms with van der Waals surface area (Å²) in [4.78, 5) is 32.9. The van der Waals surface area contributed by atoms with E-state index in [2.05, 4.69) is 10.3 Å². The summed E-state index contributed by atoms with van der Waals surface area (Å²) in [6.07, 6.45) is 3.02. The van der Waals surface area contributed by atoms with Crippen LogP contribution in [0.5, 0.6) is 0 Å². The first-order valence-corrected chi connectivity index (χ1v) is 13.2. The minimum absolute atomic E-state index is 0.00609. The summed E-state index contributed by atoms with van der Waals surface area (Å²) in [6.45, 7) is 3.60. The lowest BCUT2D eigenvalue weighted by Gasteiger charge is -2.33. The molecular weight excluding hydrogens is 466 g/mol. The number of hydrogen-bond acceptors (Lipinski definition) is 4. The molecule has 2 aromatic heterocycles. The number of nitrogens with one attached hydrogen (secondary N) is 1. The van der Waals surface area contributed by atoms with Crippen molar-refractivity contribution in [1.29, 1.82) is 0 Å². The van der Waals surface area contributed by atoms with Crippen LogP contribution >= 0.6 is 11.3 Å². The van der Waals surface area contributed by atoms with Crippen LogP contribution in [0.3, 0.4) is 0 Å². The number of rotatable bonds is 7. The Labute approximate surface area is 215 Å². The highest BCUT2D eigenvalue weighted by atomic mass is 32.1. The van der Waals surface area contributed by atoms with Gasteiger partial charge in [-0.1, -0.05) is 60.7 Å². The maximum atomic E-state index is 13.9. The molecule has 1 aliphatic rings. The summed E-state index contributed by atoms with van der Waals surface area (Å²) in [6, 6.07) is 21.9. The molecule has 3 heterocycles. The van der Waals surface area contributed by atoms with Gasteiger partial charge >= 0.3 is 0 Å². The Balaban J connectivity index is 1.34. The third-order valence-electron chi connectivity index (χ3n) is 6.83. The van der Waals surface area contributed by atoms with E-state index in [4.69, 9.17) is 0 Å². The molecule has 6 heteroatoms. The predicted octanol–water partition coefficient (Wildman–Crippen LogP) is 5.03. The standard InChI is InChI=1S/C30H29N3O2S/c1-21-27(18-32-28(34)16-22-13-15-36-20-22)26-12-14-33(19-25(26)17-31-21)30(35)29(23-8-4-2-5-9-23)24-10-6-3-7-11-24/h2-11,13,15,17,20,29H,12,14,16,18-19H2,1H3,(H,32,34). The Morgan fingerprint density at radius 2 is 1.72 bits per heavy atom. The average molecular weight is 496 g/mol. The second kappa shape index (κ2) is 10.9. The number of pyridine rings is 1. The Morgan fingerprint density at radius 1 is 1.03 bits per heavy atom. The van der Waals surface area contributed by atoms with Gasteiger partial charge in [0.2, 0.25) is 11.8 Å². The highest BCUT2D eigenvalue weighted by molar-refractivity contribution is 7.08. The monoisotopic (exact) mass is 495 g/mol. The number of aromatic nitrogens is 1. The second-order valence-electron chi connectivity index (χ2n) is 9.18. The van der Waals surface area contributed by atoms with E-state index in [9.17, 15) is 9.59 Å². The van der Waals surface area contributed by atoms with Crippen molar-refractivity contribution in [3.8, 4) is 0 Å². The molecule has 182 valence electrons. The van der Waals surface area contributed by atoms with Gasteiger partial charge in [0.15, 0.2) is 0 Å². The lowest BCUT2D eigenvalue weighted by molar-refractivity contribution is -0.132. The van der Waals surface area contributed by atoms with Crippen molar-refractivity contribution in [2.75, 3.05) is 6.54 Å². The SMILES string of the molecule is Cc1ncc2c(c1CNC(=O)Cc1ccsc1)CCN(C(=O)C(c1ccccc1)c1ccccc1)C2. The Kier molecular flexibility index (Phi) is 7.23. The quantitative estimate of drug-likeness (QED) is 0.391. The fourth-order valence-electron chi connectivity index (χ4n) is 4.92. The zero-order valence-electron chi connectivity index (χ0n) is 20.3. The van der Waals surface area contributed by atoms with E-state index in [0.29, 0.717) is 26.1 Å². The van der Waals surface area contributed by atoms with Crippen LogP contribution in [0.1, 0.15) is 45.0 Å². The van der Waals surface area contributed by atoms with E-state index in [1.54, 1.807) is 11.3 Å². The maximum Gasteiger partial charge on any atom is 0.234 e. The number of thiophene rings is 1. The first kappa shape index (κ1) is 23.9. The van der Waals surface area contributed by atoms with Gasteiger partial charge in [-0.3, -0.25) is 14.6 Å². The zero-order chi connectivity index (χ0) is 24.9. The van der Waals surface area contributed by atoms with Crippen LogP contribution in [-0.4, -0.2) is 28.2 Å². The van der Waals surface area contributed by atoms with Crippen molar-refractivity contribution < 1.29 is 9.59 Å². The van der Waals surface area contributed by atoms with E-state index >= 15 is 0 Å². The highest BCUT2D eigenvalue weighted by Gasteiger charge is 2.30. The molecule has 0 spiro atoms. The average Bonchev–Trinajstić information content (AvgIpc) is 3.42. The summed E-state index contributed by atoms with van der Waals surface area (Å²) >= 11 is 1.60. The fourth-order valence-corrected chi connectivity index (χ4v) is 5.59. The molecular formula is C30H29N3O2S. The number of hydrogen-bond donors (Lipinski definition) is 1. The van der Waals surface area contributed by atoms with Crippen LogP contribution in [0.25, 0.3) is 0 Å². The van der Waals surface area contributed by atoms with Gasteiger partial charge in [0.25, 0.3) is 0 Å². The molecule has 0 fully saturated rings. The fraction of sp³-hybridized carbons (Fsp3) is 0.233. The summed E-state index contributed by atoms with van der Waals surface area (Å²) in [5, 5.41) is 7.05. The van der Waals surface area contributed by atoms with Crippen LogP contribution in [0, 0.1) is 6.92 Å². The molecule has 2 aromatic carbocycles. The van der Waals surface area contributed by atoms with E-state index in [1.807, 2.05) is 95.5 Å². The van der Waals surface area contributed by atoms with Crippen LogP contribution in [-0.2, 0) is 35.5 Å². The lowest BCUT2D eigenvalue weighted by atomic mass is 9.88. The summed E-state index contributed by atoms with van der Waals surface area (Å²) in [5.41, 5.74) is 7.28. The Bertz CT molecular complexity index is 1300. The van der Waals surface area contributed by atoms with Gasteiger partial charge in [0.1, 0.15) is 0 Å². The van der Waals surface area contributed by atoms with Gasteiger partial charge in [-0.2, -0.15) is 11.3 Å². The predicted molar refractivity (Wildman–Crippen MR) is 143 cm³/mol. The lowest BCUT2D eigenvalue weighted by Crippen LogP contribution is -2.40. The normalized spacial score (nSPS) is 12.9. The van der Waals surface area contributed by atoms with Crippen molar-refractivity contribution in [1.82, 2.24) is 15.2 Å².